The Labute approximate surface area is 147 Å². The number of H-pyrrole nitrogens is 1. The third kappa shape index (κ3) is 3.48. The van der Waals surface area contributed by atoms with Crippen LogP contribution in [0, 0.1) is 0 Å². The molecule has 8 heteroatoms. The van der Waals surface area contributed by atoms with E-state index in [-0.39, 0.29) is 11.4 Å². The van der Waals surface area contributed by atoms with Gasteiger partial charge in [0.25, 0.3) is 0 Å². The number of thioether (sulfide) groups is 1. The van der Waals surface area contributed by atoms with E-state index in [4.69, 9.17) is 4.42 Å². The van der Waals surface area contributed by atoms with Crippen LogP contribution in [0.3, 0.4) is 0 Å². The van der Waals surface area contributed by atoms with Crippen LogP contribution in [0.4, 0.5) is 0 Å². The second-order valence-electron chi connectivity index (χ2n) is 5.67. The predicted molar refractivity (Wildman–Crippen MR) is 96.2 cm³/mol. The number of phenolic OH excluding ortho intramolecular Hbond substituents is 1. The van der Waals surface area contributed by atoms with Gasteiger partial charge >= 0.3 is 11.3 Å². The van der Waals surface area contributed by atoms with Gasteiger partial charge in [-0.1, -0.05) is 25.6 Å². The average molecular weight is 361 g/mol. The summed E-state index contributed by atoms with van der Waals surface area (Å²) in [5, 5.41) is 17.8. The fourth-order valence-corrected chi connectivity index (χ4v) is 3.65. The van der Waals surface area contributed by atoms with Crippen molar-refractivity contribution in [3.8, 4) is 5.75 Å². The van der Waals surface area contributed by atoms with Crippen molar-refractivity contribution in [3.63, 3.8) is 0 Å². The van der Waals surface area contributed by atoms with E-state index in [0.717, 1.165) is 22.9 Å². The monoisotopic (exact) mass is 361 g/mol. The van der Waals surface area contributed by atoms with Crippen molar-refractivity contribution in [1.29, 1.82) is 0 Å². The average Bonchev–Trinajstić information content (AvgIpc) is 2.92. The molecule has 0 aliphatic carbocycles. The third-order valence-corrected chi connectivity index (χ3v) is 4.96. The van der Waals surface area contributed by atoms with Crippen molar-refractivity contribution in [2.24, 2.45) is 0 Å². The number of rotatable bonds is 6. The Morgan fingerprint density at radius 3 is 2.76 bits per heavy atom. The Hall–Kier alpha value is -2.48. The highest BCUT2D eigenvalue weighted by molar-refractivity contribution is 7.98. The van der Waals surface area contributed by atoms with E-state index in [1.54, 1.807) is 4.57 Å². The van der Waals surface area contributed by atoms with Gasteiger partial charge in [-0.05, 0) is 30.0 Å². The predicted octanol–water partition coefficient (Wildman–Crippen LogP) is 2.65. The van der Waals surface area contributed by atoms with Crippen LogP contribution >= 0.6 is 11.8 Å². The molecular formula is C17H19N3O4S. The minimum absolute atomic E-state index is 0.118. The van der Waals surface area contributed by atoms with Crippen LogP contribution in [-0.2, 0) is 18.7 Å². The number of aromatic hydroxyl groups is 1. The van der Waals surface area contributed by atoms with E-state index < -0.39 is 5.63 Å². The first-order valence-electron chi connectivity index (χ1n) is 8.10. The van der Waals surface area contributed by atoms with E-state index >= 15 is 0 Å². The van der Waals surface area contributed by atoms with E-state index in [0.29, 0.717) is 29.5 Å². The molecule has 0 amide bonds. The second-order valence-corrected chi connectivity index (χ2v) is 6.62. The molecule has 3 aromatic rings. The summed E-state index contributed by atoms with van der Waals surface area (Å²) in [6, 6.07) is 4.76. The summed E-state index contributed by atoms with van der Waals surface area (Å²) in [4.78, 5) is 23.6. The summed E-state index contributed by atoms with van der Waals surface area (Å²) in [7, 11) is 0. The van der Waals surface area contributed by atoms with E-state index in [1.165, 1.54) is 23.9 Å². The zero-order chi connectivity index (χ0) is 18.0. The minimum atomic E-state index is -0.472. The maximum atomic E-state index is 11.8. The van der Waals surface area contributed by atoms with E-state index in [1.807, 2.05) is 19.9 Å². The smallest absolute Gasteiger partial charge is 0.343 e. The lowest BCUT2D eigenvalue weighted by atomic mass is 10.1. The highest BCUT2D eigenvalue weighted by Gasteiger charge is 2.13. The Bertz CT molecular complexity index is 1020. The van der Waals surface area contributed by atoms with Crippen molar-refractivity contribution in [3.05, 3.63) is 50.2 Å². The largest absolute Gasteiger partial charge is 0.508 e. The number of aryl methyl sites for hydroxylation is 1. The standard InChI is InChI=1S/C17H19N3O4S/c1-3-5-20-16(23)18-19-17(20)25-9-11-7-15(22)24-14-8-13(21)10(4-2)6-12(11)14/h6-8,21H,3-5,9H2,1-2H3,(H,18,23). The highest BCUT2D eigenvalue weighted by atomic mass is 32.2. The van der Waals surface area contributed by atoms with Gasteiger partial charge in [-0.2, -0.15) is 0 Å². The molecule has 0 radical (unpaired) electrons. The molecule has 3 rings (SSSR count). The lowest BCUT2D eigenvalue weighted by Gasteiger charge is -2.09. The molecule has 0 fully saturated rings. The topological polar surface area (TPSA) is 101 Å². The number of phenols is 1. The summed E-state index contributed by atoms with van der Waals surface area (Å²) in [6.07, 6.45) is 1.49. The zero-order valence-electron chi connectivity index (χ0n) is 14.0. The second kappa shape index (κ2) is 7.18. The maximum absolute atomic E-state index is 11.8. The van der Waals surface area contributed by atoms with E-state index in [2.05, 4.69) is 10.2 Å². The van der Waals surface area contributed by atoms with Gasteiger partial charge in [0.05, 0.1) is 0 Å². The van der Waals surface area contributed by atoms with Crippen molar-refractivity contribution >= 4 is 22.7 Å². The van der Waals surface area contributed by atoms with Crippen molar-refractivity contribution in [2.45, 2.75) is 44.1 Å². The molecule has 2 N–H and O–H groups in total. The molecule has 0 spiro atoms. The quantitative estimate of drug-likeness (QED) is 0.517. The molecule has 0 aliphatic rings. The van der Waals surface area contributed by atoms with Gasteiger partial charge in [0.2, 0.25) is 0 Å². The number of nitrogens with one attached hydrogen (secondary N) is 1. The summed E-state index contributed by atoms with van der Waals surface area (Å²) >= 11 is 1.38. The molecule has 0 bridgehead atoms. The van der Waals surface area contributed by atoms with Crippen molar-refractivity contribution in [1.82, 2.24) is 14.8 Å². The molecule has 0 atom stereocenters. The van der Waals surface area contributed by atoms with Crippen LogP contribution in [0.2, 0.25) is 0 Å². The first-order valence-corrected chi connectivity index (χ1v) is 9.08. The van der Waals surface area contributed by atoms with Gasteiger partial charge in [-0.25, -0.2) is 14.7 Å². The van der Waals surface area contributed by atoms with Gasteiger partial charge in [-0.15, -0.1) is 5.10 Å². The molecule has 25 heavy (non-hydrogen) atoms. The van der Waals surface area contributed by atoms with Gasteiger partial charge in [0.1, 0.15) is 11.3 Å². The normalized spacial score (nSPS) is 11.3. The molecule has 0 saturated carbocycles. The van der Waals surface area contributed by atoms with Crippen molar-refractivity contribution < 1.29 is 9.52 Å². The first-order chi connectivity index (χ1) is 12.0. The fraction of sp³-hybridized carbons (Fsp3) is 0.353. The lowest BCUT2D eigenvalue weighted by molar-refractivity contribution is 0.466. The lowest BCUT2D eigenvalue weighted by Crippen LogP contribution is -2.17. The molecule has 2 aromatic heterocycles. The summed E-state index contributed by atoms with van der Waals surface area (Å²) in [5.74, 6) is 0.580. The van der Waals surface area contributed by atoms with Gasteiger partial charge in [0.15, 0.2) is 5.16 Å². The van der Waals surface area contributed by atoms with Crippen LogP contribution in [-0.4, -0.2) is 19.9 Å². The molecule has 2 heterocycles. The Balaban J connectivity index is 1.98. The minimum Gasteiger partial charge on any atom is -0.508 e. The number of fused-ring (bicyclic) bond motifs is 1. The Morgan fingerprint density at radius 1 is 1.24 bits per heavy atom. The van der Waals surface area contributed by atoms with Crippen LogP contribution in [0.15, 0.2) is 37.4 Å². The zero-order valence-corrected chi connectivity index (χ0v) is 14.9. The number of hydrogen-bond donors (Lipinski definition) is 2. The molecule has 7 nitrogen and oxygen atoms in total. The molecule has 0 unspecified atom stereocenters. The van der Waals surface area contributed by atoms with Crippen LogP contribution in [0.5, 0.6) is 5.75 Å². The van der Waals surface area contributed by atoms with Gasteiger partial charge in [0, 0.05) is 29.8 Å². The number of benzene rings is 1. The fourth-order valence-electron chi connectivity index (χ4n) is 2.69. The summed E-state index contributed by atoms with van der Waals surface area (Å²) < 4.78 is 6.78. The molecule has 132 valence electrons. The SMILES string of the molecule is CCCn1c(SCc2cc(=O)oc3cc(O)c(CC)cc23)n[nH]c1=O. The molecule has 0 aliphatic heterocycles. The summed E-state index contributed by atoms with van der Waals surface area (Å²) in [5.41, 5.74) is 1.21. The van der Waals surface area contributed by atoms with Crippen molar-refractivity contribution in [2.75, 3.05) is 0 Å². The third-order valence-electron chi connectivity index (χ3n) is 3.94. The molecule has 1 aromatic carbocycles. The number of hydrogen-bond acceptors (Lipinski definition) is 6. The number of aromatic amines is 1. The Kier molecular flexibility index (Phi) is 4.98. The number of aromatic nitrogens is 3. The molecule has 0 saturated heterocycles. The highest BCUT2D eigenvalue weighted by Crippen LogP contribution is 2.29. The number of nitrogens with zero attached hydrogens (tertiary/aromatic N) is 2. The van der Waals surface area contributed by atoms with Crippen LogP contribution in [0.25, 0.3) is 11.0 Å². The summed E-state index contributed by atoms with van der Waals surface area (Å²) in [6.45, 7) is 4.52. The Morgan fingerprint density at radius 2 is 2.04 bits per heavy atom. The molecular weight excluding hydrogens is 342 g/mol. The van der Waals surface area contributed by atoms with Gasteiger partial charge in [-0.3, -0.25) is 4.57 Å². The van der Waals surface area contributed by atoms with E-state index in [9.17, 15) is 14.7 Å². The van der Waals surface area contributed by atoms with Crippen LogP contribution < -0.4 is 11.3 Å². The maximum Gasteiger partial charge on any atom is 0.343 e. The van der Waals surface area contributed by atoms with Crippen LogP contribution in [0.1, 0.15) is 31.4 Å². The van der Waals surface area contributed by atoms with Gasteiger partial charge < -0.3 is 9.52 Å². The first kappa shape index (κ1) is 17.3.